The van der Waals surface area contributed by atoms with Gasteiger partial charge in [0.2, 0.25) is 10.0 Å². The van der Waals surface area contributed by atoms with Crippen LogP contribution in [0.1, 0.15) is 11.1 Å². The van der Waals surface area contributed by atoms with E-state index in [0.717, 1.165) is 11.1 Å². The third-order valence-corrected chi connectivity index (χ3v) is 7.27. The number of hydrogen-bond acceptors (Lipinski definition) is 7. The topological polar surface area (TPSA) is 113 Å². The molecule has 0 spiro atoms. The summed E-state index contributed by atoms with van der Waals surface area (Å²) in [6.45, 7) is 5.65. The molecule has 168 valence electrons. The molecule has 3 rings (SSSR count). The number of aryl methyl sites for hydroxylation is 2. The van der Waals surface area contributed by atoms with Crippen molar-refractivity contribution in [1.29, 1.82) is 0 Å². The molecular formula is C21H27N3O6S. The molecule has 0 amide bonds. The van der Waals surface area contributed by atoms with Crippen LogP contribution in [0.3, 0.4) is 0 Å². The van der Waals surface area contributed by atoms with Crippen molar-refractivity contribution in [3.05, 3.63) is 63.7 Å². The number of aliphatic hydroxyl groups is 1. The predicted octanol–water partition coefficient (Wildman–Crippen LogP) is 1.96. The van der Waals surface area contributed by atoms with E-state index in [0.29, 0.717) is 43.4 Å². The Labute approximate surface area is 182 Å². The molecule has 9 nitrogen and oxygen atoms in total. The van der Waals surface area contributed by atoms with Gasteiger partial charge in [0.25, 0.3) is 5.69 Å². The van der Waals surface area contributed by atoms with Gasteiger partial charge in [-0.05, 0) is 37.1 Å². The second-order valence-electron chi connectivity index (χ2n) is 7.69. The van der Waals surface area contributed by atoms with Crippen LogP contribution in [0.25, 0.3) is 0 Å². The molecular weight excluding hydrogens is 422 g/mol. The van der Waals surface area contributed by atoms with Crippen LogP contribution in [0.4, 0.5) is 5.69 Å². The van der Waals surface area contributed by atoms with E-state index in [1.54, 1.807) is 19.1 Å². The molecule has 1 aliphatic rings. The molecule has 0 saturated carbocycles. The molecule has 2 aromatic rings. The fourth-order valence-corrected chi connectivity index (χ4v) is 5.24. The predicted molar refractivity (Wildman–Crippen MR) is 116 cm³/mol. The average Bonchev–Trinajstić information content (AvgIpc) is 2.74. The zero-order chi connectivity index (χ0) is 22.6. The molecule has 10 heteroatoms. The Kier molecular flexibility index (Phi) is 7.26. The van der Waals surface area contributed by atoms with Gasteiger partial charge in [0.05, 0.1) is 15.9 Å². The Morgan fingerprint density at radius 2 is 1.84 bits per heavy atom. The van der Waals surface area contributed by atoms with Crippen molar-refractivity contribution in [2.45, 2.75) is 24.8 Å². The lowest BCUT2D eigenvalue weighted by atomic mass is 10.2. The summed E-state index contributed by atoms with van der Waals surface area (Å²) in [6, 6.07) is 11.2. The van der Waals surface area contributed by atoms with Crippen LogP contribution < -0.4 is 4.74 Å². The lowest BCUT2D eigenvalue weighted by molar-refractivity contribution is -0.384. The van der Waals surface area contributed by atoms with Gasteiger partial charge in [-0.3, -0.25) is 15.0 Å². The quantitative estimate of drug-likeness (QED) is 0.484. The maximum atomic E-state index is 13.0. The van der Waals surface area contributed by atoms with Gasteiger partial charge < -0.3 is 9.84 Å². The number of aliphatic hydroxyl groups excluding tert-OH is 1. The summed E-state index contributed by atoms with van der Waals surface area (Å²) in [7, 11) is -3.56. The molecule has 1 atom stereocenters. The van der Waals surface area contributed by atoms with Gasteiger partial charge in [0.15, 0.2) is 0 Å². The molecule has 2 aromatic carbocycles. The molecule has 0 aliphatic carbocycles. The van der Waals surface area contributed by atoms with E-state index >= 15 is 0 Å². The highest BCUT2D eigenvalue weighted by Gasteiger charge is 2.30. The van der Waals surface area contributed by atoms with Crippen LogP contribution in [-0.2, 0) is 10.0 Å². The second kappa shape index (κ2) is 9.73. The molecule has 1 aliphatic heterocycles. The lowest BCUT2D eigenvalue weighted by Gasteiger charge is -2.35. The number of piperazine rings is 1. The Hall–Kier alpha value is -2.53. The minimum absolute atomic E-state index is 0.0117. The zero-order valence-corrected chi connectivity index (χ0v) is 18.4. The summed E-state index contributed by atoms with van der Waals surface area (Å²) < 4.78 is 33.0. The molecule has 1 fully saturated rings. The van der Waals surface area contributed by atoms with E-state index in [2.05, 4.69) is 0 Å². The summed E-state index contributed by atoms with van der Waals surface area (Å²) in [5.41, 5.74) is 1.55. The number of sulfonamides is 1. The molecule has 1 unspecified atom stereocenters. The van der Waals surface area contributed by atoms with Crippen LogP contribution in [0, 0.1) is 24.0 Å². The van der Waals surface area contributed by atoms with Gasteiger partial charge in [-0.1, -0.05) is 18.2 Å². The van der Waals surface area contributed by atoms with Crippen molar-refractivity contribution < 1.29 is 23.2 Å². The van der Waals surface area contributed by atoms with Crippen LogP contribution in [-0.4, -0.2) is 73.1 Å². The average molecular weight is 450 g/mol. The summed E-state index contributed by atoms with van der Waals surface area (Å²) in [4.78, 5) is 12.6. The summed E-state index contributed by atoms with van der Waals surface area (Å²) in [6.07, 6.45) is -0.804. The van der Waals surface area contributed by atoms with Gasteiger partial charge >= 0.3 is 0 Å². The van der Waals surface area contributed by atoms with Crippen molar-refractivity contribution >= 4 is 15.7 Å². The normalized spacial score (nSPS) is 16.7. The van der Waals surface area contributed by atoms with E-state index in [1.165, 1.54) is 22.5 Å². The standard InChI is InChI=1S/C21H27N3O6S/c1-16-6-7-17(2)21(12-16)31(28,29)23-10-8-22(9-11-23)14-19(25)15-30-20-5-3-4-18(13-20)24(26)27/h3-7,12-13,19,25H,8-11,14-15H2,1-2H3. The minimum atomic E-state index is -3.56. The third kappa shape index (κ3) is 5.79. The number of rotatable bonds is 8. The molecule has 1 heterocycles. The highest BCUT2D eigenvalue weighted by Crippen LogP contribution is 2.23. The number of non-ortho nitro benzene ring substituents is 1. The van der Waals surface area contributed by atoms with E-state index in [-0.39, 0.29) is 12.3 Å². The number of ether oxygens (including phenoxy) is 1. The van der Waals surface area contributed by atoms with Crippen molar-refractivity contribution in [3.63, 3.8) is 0 Å². The zero-order valence-electron chi connectivity index (χ0n) is 17.6. The highest BCUT2D eigenvalue weighted by atomic mass is 32.2. The van der Waals surface area contributed by atoms with Gasteiger partial charge in [-0.25, -0.2) is 8.42 Å². The first-order valence-corrected chi connectivity index (χ1v) is 11.5. The first-order valence-electron chi connectivity index (χ1n) is 10.0. The number of nitrogens with zero attached hydrogens (tertiary/aromatic N) is 3. The minimum Gasteiger partial charge on any atom is -0.491 e. The van der Waals surface area contributed by atoms with Crippen LogP contribution in [0.15, 0.2) is 47.4 Å². The highest BCUT2D eigenvalue weighted by molar-refractivity contribution is 7.89. The maximum Gasteiger partial charge on any atom is 0.273 e. The largest absolute Gasteiger partial charge is 0.491 e. The number of nitro benzene ring substituents is 1. The van der Waals surface area contributed by atoms with E-state index in [9.17, 15) is 23.6 Å². The first kappa shape index (κ1) is 23.1. The Balaban J connectivity index is 1.51. The smallest absolute Gasteiger partial charge is 0.273 e. The summed E-state index contributed by atoms with van der Waals surface area (Å²) in [5, 5.41) is 21.1. The van der Waals surface area contributed by atoms with E-state index < -0.39 is 21.1 Å². The maximum absolute atomic E-state index is 13.0. The van der Waals surface area contributed by atoms with Gasteiger partial charge in [0, 0.05) is 38.8 Å². The number of β-amino-alcohol motifs (C(OH)–C–C–N with tert-alkyl or cyclic N) is 1. The molecule has 0 bridgehead atoms. The van der Waals surface area contributed by atoms with Gasteiger partial charge in [-0.2, -0.15) is 4.31 Å². The van der Waals surface area contributed by atoms with Crippen molar-refractivity contribution in [2.75, 3.05) is 39.3 Å². The van der Waals surface area contributed by atoms with Crippen LogP contribution in [0.2, 0.25) is 0 Å². The Bertz CT molecular complexity index is 1040. The third-order valence-electron chi connectivity index (χ3n) is 5.23. The molecule has 0 radical (unpaired) electrons. The van der Waals surface area contributed by atoms with Gasteiger partial charge in [0.1, 0.15) is 18.5 Å². The first-order chi connectivity index (χ1) is 14.7. The molecule has 31 heavy (non-hydrogen) atoms. The fraction of sp³-hybridized carbons (Fsp3) is 0.429. The molecule has 0 aromatic heterocycles. The summed E-state index contributed by atoms with van der Waals surface area (Å²) >= 11 is 0. The summed E-state index contributed by atoms with van der Waals surface area (Å²) in [5.74, 6) is 0.317. The van der Waals surface area contributed by atoms with Crippen molar-refractivity contribution in [2.24, 2.45) is 0 Å². The second-order valence-corrected chi connectivity index (χ2v) is 9.60. The Morgan fingerprint density at radius 1 is 1.13 bits per heavy atom. The lowest BCUT2D eigenvalue weighted by Crippen LogP contribution is -2.50. The number of hydrogen-bond donors (Lipinski definition) is 1. The van der Waals surface area contributed by atoms with Crippen molar-refractivity contribution in [3.8, 4) is 5.75 Å². The monoisotopic (exact) mass is 449 g/mol. The molecule has 1 N–H and O–H groups in total. The number of nitro groups is 1. The van der Waals surface area contributed by atoms with Crippen LogP contribution in [0.5, 0.6) is 5.75 Å². The molecule has 1 saturated heterocycles. The van der Waals surface area contributed by atoms with Gasteiger partial charge in [-0.15, -0.1) is 0 Å². The Morgan fingerprint density at radius 3 is 2.52 bits per heavy atom. The number of benzene rings is 2. The van der Waals surface area contributed by atoms with Crippen LogP contribution >= 0.6 is 0 Å². The van der Waals surface area contributed by atoms with E-state index in [1.807, 2.05) is 24.0 Å². The SMILES string of the molecule is Cc1ccc(C)c(S(=O)(=O)N2CCN(CC(O)COc3cccc([N+](=O)[O-])c3)CC2)c1. The van der Waals surface area contributed by atoms with E-state index in [4.69, 9.17) is 4.74 Å². The van der Waals surface area contributed by atoms with Crippen molar-refractivity contribution in [1.82, 2.24) is 9.21 Å². The fourth-order valence-electron chi connectivity index (χ4n) is 3.51.